The first-order valence-electron chi connectivity index (χ1n) is 8.78. The molecular formula is C19H18N4O7. The van der Waals surface area contributed by atoms with Gasteiger partial charge in [-0.1, -0.05) is 0 Å². The van der Waals surface area contributed by atoms with Gasteiger partial charge in [0, 0.05) is 24.5 Å². The molecule has 0 aliphatic heterocycles. The van der Waals surface area contributed by atoms with Gasteiger partial charge in [0.1, 0.15) is 11.5 Å². The molecule has 0 bridgehead atoms. The Labute approximate surface area is 170 Å². The summed E-state index contributed by atoms with van der Waals surface area (Å²) in [7, 11) is 1.36. The van der Waals surface area contributed by atoms with E-state index in [0.29, 0.717) is 12.3 Å². The van der Waals surface area contributed by atoms with Crippen molar-refractivity contribution in [3.8, 4) is 5.75 Å². The molecule has 0 radical (unpaired) electrons. The third-order valence-electron chi connectivity index (χ3n) is 4.04. The Hall–Kier alpha value is -4.15. The molecule has 2 heterocycles. The molecule has 0 saturated heterocycles. The largest absolute Gasteiger partial charge is 0.495 e. The van der Waals surface area contributed by atoms with E-state index in [9.17, 15) is 19.7 Å². The minimum atomic E-state index is -1.19. The Morgan fingerprint density at radius 2 is 2.13 bits per heavy atom. The van der Waals surface area contributed by atoms with E-state index in [1.807, 2.05) is 0 Å². The maximum atomic E-state index is 12.4. The van der Waals surface area contributed by atoms with Crippen LogP contribution in [-0.2, 0) is 16.1 Å². The van der Waals surface area contributed by atoms with Gasteiger partial charge in [-0.15, -0.1) is 0 Å². The maximum Gasteiger partial charge on any atom is 0.375 e. The van der Waals surface area contributed by atoms with Crippen molar-refractivity contribution in [2.45, 2.75) is 19.6 Å². The summed E-state index contributed by atoms with van der Waals surface area (Å²) < 4.78 is 17.3. The lowest BCUT2D eigenvalue weighted by molar-refractivity contribution is -0.384. The van der Waals surface area contributed by atoms with Crippen LogP contribution in [0.2, 0.25) is 0 Å². The van der Waals surface area contributed by atoms with E-state index in [2.05, 4.69) is 10.4 Å². The Kier molecular flexibility index (Phi) is 6.11. The zero-order chi connectivity index (χ0) is 21.7. The summed E-state index contributed by atoms with van der Waals surface area (Å²) in [5.74, 6) is -0.864. The zero-order valence-electron chi connectivity index (χ0n) is 16.1. The number of ether oxygens (including phenoxy) is 2. The predicted molar refractivity (Wildman–Crippen MR) is 103 cm³/mol. The predicted octanol–water partition coefficient (Wildman–Crippen LogP) is 2.63. The van der Waals surface area contributed by atoms with Crippen LogP contribution < -0.4 is 10.1 Å². The summed E-state index contributed by atoms with van der Waals surface area (Å²) in [6.45, 7) is 1.70. The molecule has 1 atom stereocenters. The Balaban J connectivity index is 1.63. The lowest BCUT2D eigenvalue weighted by Crippen LogP contribution is -2.30. The second-order valence-electron chi connectivity index (χ2n) is 6.15. The highest BCUT2D eigenvalue weighted by Gasteiger charge is 2.23. The molecule has 11 nitrogen and oxygen atoms in total. The van der Waals surface area contributed by atoms with Gasteiger partial charge in [-0.25, -0.2) is 4.79 Å². The van der Waals surface area contributed by atoms with Gasteiger partial charge in [-0.2, -0.15) is 5.10 Å². The number of nitro benzene ring substituents is 1. The third-order valence-corrected chi connectivity index (χ3v) is 4.04. The van der Waals surface area contributed by atoms with Crippen molar-refractivity contribution in [2.24, 2.45) is 0 Å². The van der Waals surface area contributed by atoms with Crippen LogP contribution in [0.1, 0.15) is 23.2 Å². The summed E-state index contributed by atoms with van der Waals surface area (Å²) in [6, 6.07) is 8.56. The first kappa shape index (κ1) is 20.6. The van der Waals surface area contributed by atoms with Crippen LogP contribution in [0.5, 0.6) is 5.75 Å². The van der Waals surface area contributed by atoms with Crippen molar-refractivity contribution < 1.29 is 28.4 Å². The molecule has 156 valence electrons. The van der Waals surface area contributed by atoms with Crippen LogP contribution in [-0.4, -0.2) is 39.8 Å². The molecule has 1 N–H and O–H groups in total. The summed E-state index contributed by atoms with van der Waals surface area (Å²) in [5.41, 5.74) is -0.143. The molecule has 0 saturated carbocycles. The first-order chi connectivity index (χ1) is 14.4. The molecule has 1 unspecified atom stereocenters. The lowest BCUT2D eigenvalue weighted by atomic mass is 10.2. The van der Waals surface area contributed by atoms with Crippen LogP contribution in [0, 0.1) is 10.1 Å². The SMILES string of the molecule is COc1ccc([N+](=O)[O-])cc1NC(=O)C(C)OC(=O)c1ccc(Cn2cccn2)o1. The summed E-state index contributed by atoms with van der Waals surface area (Å²) >= 11 is 0. The lowest BCUT2D eigenvalue weighted by Gasteiger charge is -2.14. The van der Waals surface area contributed by atoms with E-state index in [-0.39, 0.29) is 22.9 Å². The van der Waals surface area contributed by atoms with Crippen molar-refractivity contribution in [1.29, 1.82) is 0 Å². The highest BCUT2D eigenvalue weighted by molar-refractivity contribution is 5.97. The average molecular weight is 414 g/mol. The van der Waals surface area contributed by atoms with Crippen molar-refractivity contribution in [1.82, 2.24) is 9.78 Å². The smallest absolute Gasteiger partial charge is 0.375 e. The number of nitrogens with one attached hydrogen (secondary N) is 1. The van der Waals surface area contributed by atoms with Crippen molar-refractivity contribution in [3.63, 3.8) is 0 Å². The number of carbonyl (C=O) groups is 2. The van der Waals surface area contributed by atoms with Crippen molar-refractivity contribution >= 4 is 23.3 Å². The van der Waals surface area contributed by atoms with E-state index in [4.69, 9.17) is 13.9 Å². The molecule has 3 rings (SSSR count). The Bertz CT molecular complexity index is 1060. The Morgan fingerprint density at radius 3 is 2.80 bits per heavy atom. The average Bonchev–Trinajstić information content (AvgIpc) is 3.40. The zero-order valence-corrected chi connectivity index (χ0v) is 16.1. The van der Waals surface area contributed by atoms with Gasteiger partial charge >= 0.3 is 5.97 Å². The number of aromatic nitrogens is 2. The summed E-state index contributed by atoms with van der Waals surface area (Å²) in [5, 5.41) is 17.4. The van der Waals surface area contributed by atoms with E-state index < -0.39 is 22.9 Å². The second kappa shape index (κ2) is 8.90. The van der Waals surface area contributed by atoms with Gasteiger partial charge in [-0.05, 0) is 31.2 Å². The highest BCUT2D eigenvalue weighted by Crippen LogP contribution is 2.29. The molecule has 0 spiro atoms. The summed E-state index contributed by atoms with van der Waals surface area (Å²) in [4.78, 5) is 35.0. The number of rotatable bonds is 8. The van der Waals surface area contributed by atoms with Crippen LogP contribution in [0.4, 0.5) is 11.4 Å². The maximum absolute atomic E-state index is 12.4. The van der Waals surface area contributed by atoms with Crippen LogP contribution in [0.3, 0.4) is 0 Å². The van der Waals surface area contributed by atoms with E-state index >= 15 is 0 Å². The number of esters is 1. The molecule has 0 aliphatic carbocycles. The normalized spacial score (nSPS) is 11.5. The van der Waals surface area contributed by atoms with Gasteiger partial charge in [-0.3, -0.25) is 19.6 Å². The Morgan fingerprint density at radius 1 is 1.33 bits per heavy atom. The van der Waals surface area contributed by atoms with E-state index in [1.165, 1.54) is 32.2 Å². The van der Waals surface area contributed by atoms with Gasteiger partial charge in [0.2, 0.25) is 5.76 Å². The third kappa shape index (κ3) is 4.82. The molecule has 3 aromatic rings. The van der Waals surface area contributed by atoms with Gasteiger partial charge in [0.15, 0.2) is 6.10 Å². The fourth-order valence-electron chi connectivity index (χ4n) is 2.54. The number of furan rings is 1. The first-order valence-corrected chi connectivity index (χ1v) is 8.78. The van der Waals surface area contributed by atoms with Crippen LogP contribution in [0.25, 0.3) is 0 Å². The van der Waals surface area contributed by atoms with Crippen molar-refractivity contribution in [2.75, 3.05) is 12.4 Å². The molecule has 11 heteroatoms. The van der Waals surface area contributed by atoms with Crippen LogP contribution >= 0.6 is 0 Å². The van der Waals surface area contributed by atoms with Gasteiger partial charge in [0.05, 0.1) is 24.3 Å². The minimum Gasteiger partial charge on any atom is -0.495 e. The topological polar surface area (TPSA) is 139 Å². The quantitative estimate of drug-likeness (QED) is 0.337. The number of methoxy groups -OCH3 is 1. The molecule has 0 fully saturated rings. The molecule has 1 aromatic carbocycles. The number of anilines is 1. The number of nitro groups is 1. The molecule has 30 heavy (non-hydrogen) atoms. The van der Waals surface area contributed by atoms with Crippen molar-refractivity contribution in [3.05, 3.63) is 70.4 Å². The van der Waals surface area contributed by atoms with Gasteiger partial charge < -0.3 is 19.2 Å². The summed E-state index contributed by atoms with van der Waals surface area (Å²) in [6.07, 6.45) is 2.17. The number of nitrogens with zero attached hydrogens (tertiary/aromatic N) is 3. The number of hydrogen-bond acceptors (Lipinski definition) is 8. The number of amides is 1. The standard InChI is InChI=1S/C19H18N4O7/c1-12(18(24)21-15-10-13(23(26)27)4-6-16(15)28-2)29-19(25)17-7-5-14(30-17)11-22-9-3-8-20-22/h3-10,12H,11H2,1-2H3,(H,21,24). The second-order valence-corrected chi connectivity index (χ2v) is 6.15. The van der Waals surface area contributed by atoms with Crippen LogP contribution in [0.15, 0.2) is 53.2 Å². The minimum absolute atomic E-state index is 0.0651. The highest BCUT2D eigenvalue weighted by atomic mass is 16.6. The molecule has 1 amide bonds. The number of hydrogen-bond donors (Lipinski definition) is 1. The molecule has 0 aliphatic rings. The van der Waals surface area contributed by atoms with E-state index in [1.54, 1.807) is 29.2 Å². The number of non-ortho nitro benzene ring substituents is 1. The number of benzene rings is 1. The molecule has 2 aromatic heterocycles. The van der Waals surface area contributed by atoms with E-state index in [0.717, 1.165) is 6.07 Å². The molecular weight excluding hydrogens is 396 g/mol. The fourth-order valence-corrected chi connectivity index (χ4v) is 2.54. The van der Waals surface area contributed by atoms with Gasteiger partial charge in [0.25, 0.3) is 11.6 Å². The fraction of sp³-hybridized carbons (Fsp3) is 0.211. The monoisotopic (exact) mass is 414 g/mol. The number of carbonyl (C=O) groups excluding carboxylic acids is 2.